The number of benzene rings is 3. The summed E-state index contributed by atoms with van der Waals surface area (Å²) in [6.07, 6.45) is 1.25. The molecule has 246 valence electrons. The maximum Gasteiger partial charge on any atom is 0.410 e. The maximum atomic E-state index is 14.0. The normalized spacial score (nSPS) is 18.7. The molecular formula is C37H43FN6O3. The maximum absolute atomic E-state index is 14.0. The fourth-order valence-electron chi connectivity index (χ4n) is 7.00. The number of hydrogen-bond acceptors (Lipinski definition) is 8. The van der Waals surface area contributed by atoms with Crippen LogP contribution in [0.4, 0.5) is 20.7 Å². The van der Waals surface area contributed by atoms with Crippen LogP contribution < -0.4 is 14.5 Å². The average molecular weight is 639 g/mol. The second-order valence-corrected chi connectivity index (χ2v) is 12.8. The van der Waals surface area contributed by atoms with Gasteiger partial charge < -0.3 is 24.2 Å². The van der Waals surface area contributed by atoms with Gasteiger partial charge in [0.25, 0.3) is 0 Å². The number of carbonyl (C=O) groups excluding carboxylic acids is 1. The van der Waals surface area contributed by atoms with Gasteiger partial charge in [0.05, 0.1) is 12.2 Å². The van der Waals surface area contributed by atoms with Crippen molar-refractivity contribution in [3.05, 3.63) is 89.1 Å². The first kappa shape index (κ1) is 31.2. The fraction of sp³-hybridized carbons (Fsp3) is 0.432. The molecule has 10 heteroatoms. The molecule has 47 heavy (non-hydrogen) atoms. The molecule has 0 N–H and O–H groups in total. The Balaban J connectivity index is 1.09. The molecule has 0 spiro atoms. The number of aromatic nitrogens is 2. The lowest BCUT2D eigenvalue weighted by Crippen LogP contribution is -2.49. The standard InChI is InChI=1S/C37H43FN6O3/c1-27-22-29-10-5-6-12-31(29)34(23-27)44-15-13-32-33(25-44)39-36(46-21-20-41-14-7-11-30(38)24-41)40-35(32)42-16-18-43(19-17-42)37(45)47-26-28-8-3-2-4-9-28/h2-6,8-10,12,22-23,30H,7,11,13-21,24-26H2,1H3/t30-/m1/s1. The molecule has 0 radical (unpaired) electrons. The molecule has 4 aromatic rings. The Bertz CT molecular complexity index is 1700. The minimum atomic E-state index is -0.770. The number of likely N-dealkylation sites (tertiary alicyclic amines) is 1. The topological polar surface area (TPSA) is 74.3 Å². The van der Waals surface area contributed by atoms with E-state index in [9.17, 15) is 9.18 Å². The van der Waals surface area contributed by atoms with Crippen LogP contribution in [-0.2, 0) is 24.3 Å². The summed E-state index contributed by atoms with van der Waals surface area (Å²) in [4.78, 5) is 31.3. The van der Waals surface area contributed by atoms with Crippen molar-refractivity contribution in [2.75, 3.05) is 68.8 Å². The Kier molecular flexibility index (Phi) is 9.37. The first-order valence-electron chi connectivity index (χ1n) is 16.8. The molecular weight excluding hydrogens is 595 g/mol. The largest absolute Gasteiger partial charge is 0.462 e. The number of nitrogens with zero attached hydrogens (tertiary/aromatic N) is 6. The zero-order chi connectivity index (χ0) is 32.2. The molecule has 2 saturated heterocycles. The van der Waals surface area contributed by atoms with E-state index in [1.54, 1.807) is 4.90 Å². The Labute approximate surface area is 275 Å². The number of alkyl halides is 1. The Morgan fingerprint density at radius 2 is 1.74 bits per heavy atom. The Morgan fingerprint density at radius 1 is 0.936 bits per heavy atom. The van der Waals surface area contributed by atoms with Gasteiger partial charge >= 0.3 is 12.1 Å². The number of anilines is 2. The van der Waals surface area contributed by atoms with Gasteiger partial charge in [0.2, 0.25) is 0 Å². The van der Waals surface area contributed by atoms with E-state index in [-0.39, 0.29) is 12.7 Å². The predicted molar refractivity (Wildman–Crippen MR) is 182 cm³/mol. The smallest absolute Gasteiger partial charge is 0.410 e. The van der Waals surface area contributed by atoms with Crippen molar-refractivity contribution in [2.24, 2.45) is 0 Å². The lowest BCUT2D eigenvalue weighted by Gasteiger charge is -2.38. The van der Waals surface area contributed by atoms with Gasteiger partial charge in [-0.05, 0) is 55.3 Å². The summed E-state index contributed by atoms with van der Waals surface area (Å²) >= 11 is 0. The highest BCUT2D eigenvalue weighted by atomic mass is 19.1. The fourth-order valence-corrected chi connectivity index (χ4v) is 7.00. The van der Waals surface area contributed by atoms with Crippen LogP contribution in [0.3, 0.4) is 0 Å². The van der Waals surface area contributed by atoms with E-state index in [1.807, 2.05) is 30.3 Å². The Morgan fingerprint density at radius 3 is 2.57 bits per heavy atom. The number of aryl methyl sites for hydroxylation is 1. The number of piperidine rings is 1. The number of piperazine rings is 1. The van der Waals surface area contributed by atoms with Gasteiger partial charge in [-0.1, -0.05) is 60.7 Å². The molecule has 1 atom stereocenters. The third kappa shape index (κ3) is 7.27. The lowest BCUT2D eigenvalue weighted by atomic mass is 10.0. The van der Waals surface area contributed by atoms with Crippen molar-refractivity contribution in [3.63, 3.8) is 0 Å². The number of carbonyl (C=O) groups is 1. The van der Waals surface area contributed by atoms with Gasteiger partial charge in [-0.15, -0.1) is 0 Å². The van der Waals surface area contributed by atoms with Gasteiger partial charge in [0, 0.05) is 62.5 Å². The van der Waals surface area contributed by atoms with Crippen LogP contribution in [0.15, 0.2) is 66.7 Å². The zero-order valence-corrected chi connectivity index (χ0v) is 27.1. The molecule has 1 amide bonds. The molecule has 1 aromatic heterocycles. The van der Waals surface area contributed by atoms with Gasteiger partial charge in [0.1, 0.15) is 25.2 Å². The van der Waals surface area contributed by atoms with Gasteiger partial charge in [-0.2, -0.15) is 9.97 Å². The van der Waals surface area contributed by atoms with Crippen LogP contribution in [-0.4, -0.2) is 91.0 Å². The molecule has 3 aliphatic rings. The van der Waals surface area contributed by atoms with Crippen LogP contribution in [0.5, 0.6) is 6.01 Å². The van der Waals surface area contributed by atoms with Gasteiger partial charge in [-0.3, -0.25) is 4.90 Å². The van der Waals surface area contributed by atoms with E-state index in [2.05, 4.69) is 58.0 Å². The SMILES string of the molecule is Cc1cc(N2CCc3c(nc(OCCN4CCC[C@@H](F)C4)nc3N3CCN(C(=O)OCc4ccccc4)CC3)C2)c2ccccc2c1. The predicted octanol–water partition coefficient (Wildman–Crippen LogP) is 5.77. The van der Waals surface area contributed by atoms with Gasteiger partial charge in [-0.25, -0.2) is 9.18 Å². The molecule has 3 aliphatic heterocycles. The number of fused-ring (bicyclic) bond motifs is 2. The highest BCUT2D eigenvalue weighted by Gasteiger charge is 2.30. The summed E-state index contributed by atoms with van der Waals surface area (Å²) in [5.74, 6) is 0.887. The van der Waals surface area contributed by atoms with E-state index in [0.717, 1.165) is 48.6 Å². The summed E-state index contributed by atoms with van der Waals surface area (Å²) in [6.45, 7) is 8.66. The highest BCUT2D eigenvalue weighted by molar-refractivity contribution is 5.95. The van der Waals surface area contributed by atoms with Crippen LogP contribution in [0.2, 0.25) is 0 Å². The third-order valence-corrected chi connectivity index (χ3v) is 9.48. The number of amides is 1. The van der Waals surface area contributed by atoms with E-state index >= 15 is 0 Å². The number of hydrogen-bond donors (Lipinski definition) is 0. The zero-order valence-electron chi connectivity index (χ0n) is 27.1. The van der Waals surface area contributed by atoms with Gasteiger partial charge in [0.15, 0.2) is 0 Å². The summed E-state index contributed by atoms with van der Waals surface area (Å²) in [5, 5.41) is 2.46. The molecule has 0 unspecified atom stereocenters. The van der Waals surface area contributed by atoms with Crippen molar-refractivity contribution < 1.29 is 18.7 Å². The third-order valence-electron chi connectivity index (χ3n) is 9.48. The minimum Gasteiger partial charge on any atom is -0.462 e. The van der Waals surface area contributed by atoms with E-state index in [0.29, 0.717) is 64.9 Å². The molecule has 0 bridgehead atoms. The van der Waals surface area contributed by atoms with Crippen molar-refractivity contribution in [3.8, 4) is 6.01 Å². The molecule has 7 rings (SSSR count). The van der Waals surface area contributed by atoms with Crippen molar-refractivity contribution in [1.82, 2.24) is 19.8 Å². The van der Waals surface area contributed by atoms with Crippen LogP contribution in [0.1, 0.15) is 35.2 Å². The summed E-state index contributed by atoms with van der Waals surface area (Å²) in [6, 6.07) is 23.1. The monoisotopic (exact) mass is 638 g/mol. The first-order valence-corrected chi connectivity index (χ1v) is 16.8. The van der Waals surface area contributed by atoms with Crippen LogP contribution >= 0.6 is 0 Å². The van der Waals surface area contributed by atoms with Crippen LogP contribution in [0, 0.1) is 6.92 Å². The van der Waals surface area contributed by atoms with Crippen molar-refractivity contribution >= 4 is 28.4 Å². The number of halogens is 1. The van der Waals surface area contributed by atoms with E-state index in [4.69, 9.17) is 19.4 Å². The summed E-state index contributed by atoms with van der Waals surface area (Å²) in [7, 11) is 0. The first-order chi connectivity index (χ1) is 23.0. The molecule has 4 heterocycles. The quantitative estimate of drug-likeness (QED) is 0.241. The van der Waals surface area contributed by atoms with Crippen LogP contribution in [0.25, 0.3) is 10.8 Å². The highest BCUT2D eigenvalue weighted by Crippen LogP contribution is 2.35. The summed E-state index contributed by atoms with van der Waals surface area (Å²) in [5.41, 5.74) is 5.51. The average Bonchev–Trinajstić information content (AvgIpc) is 3.10. The number of rotatable bonds is 8. The lowest BCUT2D eigenvalue weighted by molar-refractivity contribution is 0.0940. The second-order valence-electron chi connectivity index (χ2n) is 12.8. The molecule has 3 aromatic carbocycles. The minimum absolute atomic E-state index is 0.260. The van der Waals surface area contributed by atoms with Crippen molar-refractivity contribution in [1.29, 1.82) is 0 Å². The van der Waals surface area contributed by atoms with Crippen molar-refractivity contribution in [2.45, 2.75) is 45.5 Å². The molecule has 2 fully saturated rings. The molecule has 0 saturated carbocycles. The number of ether oxygens (including phenoxy) is 2. The Hall–Kier alpha value is -4.44. The van der Waals surface area contributed by atoms with E-state index < -0.39 is 6.17 Å². The second kappa shape index (κ2) is 14.1. The molecule has 0 aliphatic carbocycles. The summed E-state index contributed by atoms with van der Waals surface area (Å²) < 4.78 is 25.8. The molecule has 9 nitrogen and oxygen atoms in total. The van der Waals surface area contributed by atoms with E-state index in [1.165, 1.54) is 22.0 Å².